The van der Waals surface area contributed by atoms with Crippen LogP contribution in [0.2, 0.25) is 5.02 Å². The Hall–Kier alpha value is -3.08. The van der Waals surface area contributed by atoms with Gasteiger partial charge in [0, 0.05) is 48.8 Å². The van der Waals surface area contributed by atoms with Crippen LogP contribution >= 0.6 is 11.6 Å². The fourth-order valence-corrected chi connectivity index (χ4v) is 3.57. The van der Waals surface area contributed by atoms with Crippen molar-refractivity contribution in [2.45, 2.75) is 32.4 Å². The zero-order valence-corrected chi connectivity index (χ0v) is 19.3. The van der Waals surface area contributed by atoms with E-state index < -0.39 is 5.82 Å². The number of hydrogen-bond donors (Lipinski definition) is 3. The molecular weight excluding hydrogens is 449 g/mol. The van der Waals surface area contributed by atoms with E-state index in [0.29, 0.717) is 17.3 Å². The third-order valence-corrected chi connectivity index (χ3v) is 5.15. The number of nitrogens with zero attached hydrogens (tertiary/aromatic N) is 4. The minimum absolute atomic E-state index is 0.134. The molecule has 11 heteroatoms. The molecule has 0 spiro atoms. The van der Waals surface area contributed by atoms with Crippen LogP contribution in [0.5, 0.6) is 0 Å². The van der Waals surface area contributed by atoms with Crippen molar-refractivity contribution in [1.29, 1.82) is 0 Å². The summed E-state index contributed by atoms with van der Waals surface area (Å²) in [5.41, 5.74) is 6.13. The van der Waals surface area contributed by atoms with Gasteiger partial charge < -0.3 is 21.1 Å². The van der Waals surface area contributed by atoms with Crippen molar-refractivity contribution in [1.82, 2.24) is 24.8 Å². The van der Waals surface area contributed by atoms with Gasteiger partial charge in [-0.3, -0.25) is 9.36 Å². The molecule has 1 aliphatic heterocycles. The highest BCUT2D eigenvalue weighted by atomic mass is 35.5. The van der Waals surface area contributed by atoms with E-state index in [0.717, 1.165) is 31.6 Å². The molecule has 0 saturated carbocycles. The minimum Gasteiger partial charge on any atom is -0.381 e. The summed E-state index contributed by atoms with van der Waals surface area (Å²) in [6, 6.07) is 4.40. The van der Waals surface area contributed by atoms with E-state index in [1.54, 1.807) is 23.0 Å². The molecule has 0 unspecified atom stereocenters. The molecular formula is C22H27ClFN7O2. The van der Waals surface area contributed by atoms with Crippen molar-refractivity contribution < 1.29 is 13.9 Å². The average Bonchev–Trinajstić information content (AvgIpc) is 3.30. The highest BCUT2D eigenvalue weighted by Crippen LogP contribution is 2.17. The third-order valence-electron chi connectivity index (χ3n) is 4.93. The average molecular weight is 476 g/mol. The van der Waals surface area contributed by atoms with E-state index in [1.165, 1.54) is 25.5 Å². The van der Waals surface area contributed by atoms with Crippen molar-refractivity contribution in [3.63, 3.8) is 0 Å². The molecule has 0 aliphatic carbocycles. The molecule has 2 aromatic heterocycles. The number of ether oxygens (including phenoxy) is 1. The number of anilines is 1. The predicted octanol–water partition coefficient (Wildman–Crippen LogP) is 2.86. The van der Waals surface area contributed by atoms with Gasteiger partial charge in [-0.05, 0) is 50.6 Å². The predicted molar refractivity (Wildman–Crippen MR) is 124 cm³/mol. The standard InChI is InChI=1S/C21H22ClFN6O2.CH5N/c1-13-9-25-21(27-17-2-4-31-5-3-17)28-19(13)29-11-18(26-12-29)20(30)24-10-14-6-15(22)8-16(23)7-14;1-2/h6-9,11-12,17H,2-5,10H2,1H3,(H,24,30)(H,25,27,28);2H2,1H3. The number of rotatable bonds is 6. The molecule has 1 aliphatic rings. The van der Waals surface area contributed by atoms with Gasteiger partial charge in [-0.1, -0.05) is 11.6 Å². The summed E-state index contributed by atoms with van der Waals surface area (Å²) >= 11 is 5.85. The Kier molecular flexibility index (Phi) is 8.70. The summed E-state index contributed by atoms with van der Waals surface area (Å²) < 4.78 is 20.5. The second-order valence-corrected chi connectivity index (χ2v) is 7.79. The number of carbonyl (C=O) groups excluding carboxylic acids is 1. The van der Waals surface area contributed by atoms with Crippen LogP contribution in [0.15, 0.2) is 36.9 Å². The number of benzene rings is 1. The molecule has 0 atom stereocenters. The van der Waals surface area contributed by atoms with Gasteiger partial charge >= 0.3 is 0 Å². The van der Waals surface area contributed by atoms with Crippen LogP contribution in [0.3, 0.4) is 0 Å². The zero-order chi connectivity index (χ0) is 23.8. The van der Waals surface area contributed by atoms with Gasteiger partial charge in [-0.25, -0.2) is 14.4 Å². The molecule has 0 radical (unpaired) electrons. The maximum absolute atomic E-state index is 13.4. The molecule has 3 heterocycles. The first kappa shape index (κ1) is 24.6. The van der Waals surface area contributed by atoms with Gasteiger partial charge in [-0.2, -0.15) is 4.98 Å². The smallest absolute Gasteiger partial charge is 0.271 e. The third kappa shape index (κ3) is 6.70. The summed E-state index contributed by atoms with van der Waals surface area (Å²) in [5, 5.41) is 6.33. The second-order valence-electron chi connectivity index (χ2n) is 7.36. The number of halogens is 2. The Balaban J connectivity index is 0.00000149. The highest BCUT2D eigenvalue weighted by molar-refractivity contribution is 6.30. The number of carbonyl (C=O) groups is 1. The number of nitrogens with two attached hydrogens (primary N) is 1. The highest BCUT2D eigenvalue weighted by Gasteiger charge is 2.16. The Morgan fingerprint density at radius 3 is 2.76 bits per heavy atom. The molecule has 1 amide bonds. The quantitative estimate of drug-likeness (QED) is 0.501. The van der Waals surface area contributed by atoms with Crippen LogP contribution in [-0.2, 0) is 11.3 Å². The lowest BCUT2D eigenvalue weighted by atomic mass is 10.1. The van der Waals surface area contributed by atoms with E-state index >= 15 is 0 Å². The topological polar surface area (TPSA) is 120 Å². The van der Waals surface area contributed by atoms with E-state index in [1.807, 2.05) is 6.92 Å². The van der Waals surface area contributed by atoms with Gasteiger partial charge in [0.2, 0.25) is 5.95 Å². The number of imidazole rings is 1. The normalized spacial score (nSPS) is 13.7. The molecule has 3 aromatic rings. The van der Waals surface area contributed by atoms with Gasteiger partial charge in [0.05, 0.1) is 0 Å². The Bertz CT molecular complexity index is 1070. The van der Waals surface area contributed by atoms with Crippen LogP contribution in [-0.4, -0.2) is 51.7 Å². The van der Waals surface area contributed by atoms with Gasteiger partial charge in [-0.15, -0.1) is 0 Å². The Morgan fingerprint density at radius 2 is 2.03 bits per heavy atom. The summed E-state index contributed by atoms with van der Waals surface area (Å²) in [6.45, 7) is 3.46. The molecule has 33 heavy (non-hydrogen) atoms. The largest absolute Gasteiger partial charge is 0.381 e. The van der Waals surface area contributed by atoms with Crippen molar-refractivity contribution in [3.05, 3.63) is 64.6 Å². The lowest BCUT2D eigenvalue weighted by molar-refractivity contribution is 0.0903. The number of aryl methyl sites for hydroxylation is 1. The molecule has 176 valence electrons. The SMILES string of the molecule is CN.Cc1cnc(NC2CCOCC2)nc1-n1cnc(C(=O)NCc2cc(F)cc(Cl)c2)c1. The summed E-state index contributed by atoms with van der Waals surface area (Å²) in [5.74, 6) is 0.319. The first-order valence-electron chi connectivity index (χ1n) is 10.5. The Morgan fingerprint density at radius 1 is 1.27 bits per heavy atom. The molecule has 9 nitrogen and oxygen atoms in total. The lowest BCUT2D eigenvalue weighted by Crippen LogP contribution is -2.28. The van der Waals surface area contributed by atoms with Gasteiger partial charge in [0.1, 0.15) is 23.7 Å². The summed E-state index contributed by atoms with van der Waals surface area (Å²) in [6.07, 6.45) is 6.66. The van der Waals surface area contributed by atoms with Crippen molar-refractivity contribution in [3.8, 4) is 5.82 Å². The van der Waals surface area contributed by atoms with Crippen LogP contribution in [0.25, 0.3) is 5.82 Å². The fraction of sp³-hybridized carbons (Fsp3) is 0.364. The monoisotopic (exact) mass is 475 g/mol. The molecule has 0 bridgehead atoms. The van der Waals surface area contributed by atoms with Gasteiger partial charge in [0.25, 0.3) is 5.91 Å². The van der Waals surface area contributed by atoms with Crippen molar-refractivity contribution >= 4 is 23.5 Å². The molecule has 1 saturated heterocycles. The first-order valence-corrected chi connectivity index (χ1v) is 10.9. The number of hydrogen-bond acceptors (Lipinski definition) is 7. The molecule has 4 rings (SSSR count). The maximum Gasteiger partial charge on any atom is 0.271 e. The number of aromatic nitrogens is 4. The number of nitrogens with one attached hydrogen (secondary N) is 2. The first-order chi connectivity index (χ1) is 16.0. The second kappa shape index (κ2) is 11.7. The summed E-state index contributed by atoms with van der Waals surface area (Å²) in [7, 11) is 1.50. The number of amides is 1. The van der Waals surface area contributed by atoms with E-state index in [-0.39, 0.29) is 29.2 Å². The zero-order valence-electron chi connectivity index (χ0n) is 18.5. The van der Waals surface area contributed by atoms with Crippen LogP contribution in [0.1, 0.15) is 34.5 Å². The summed E-state index contributed by atoms with van der Waals surface area (Å²) in [4.78, 5) is 25.6. The van der Waals surface area contributed by atoms with Gasteiger partial charge in [0.15, 0.2) is 0 Å². The minimum atomic E-state index is -0.453. The van der Waals surface area contributed by atoms with Crippen LogP contribution < -0.4 is 16.4 Å². The Labute approximate surface area is 196 Å². The van der Waals surface area contributed by atoms with Crippen molar-refractivity contribution in [2.24, 2.45) is 5.73 Å². The molecule has 1 aromatic carbocycles. The maximum atomic E-state index is 13.4. The molecule has 1 fully saturated rings. The van der Waals surface area contributed by atoms with E-state index in [9.17, 15) is 9.18 Å². The van der Waals surface area contributed by atoms with Crippen LogP contribution in [0, 0.1) is 12.7 Å². The lowest BCUT2D eigenvalue weighted by Gasteiger charge is -2.23. The van der Waals surface area contributed by atoms with E-state index in [4.69, 9.17) is 16.3 Å². The van der Waals surface area contributed by atoms with Crippen LogP contribution in [0.4, 0.5) is 10.3 Å². The molecule has 4 N–H and O–H groups in total. The van der Waals surface area contributed by atoms with E-state index in [2.05, 4.69) is 31.3 Å². The fourth-order valence-electron chi connectivity index (χ4n) is 3.33. The van der Waals surface area contributed by atoms with Crippen molar-refractivity contribution in [2.75, 3.05) is 25.6 Å².